The molecule has 1 saturated heterocycles. The standard InChI is InChI=1S/C24H27FN4O/c1-19-26-23(20-8-10-21(25)11-9-20)18-24(27-19)30-17-5-12-28-13-15-29(16-14-28)22-6-3-2-4-7-22/h2-4,6-11,18H,5,12-17H2,1H3. The summed E-state index contributed by atoms with van der Waals surface area (Å²) in [5.74, 6) is 0.949. The highest BCUT2D eigenvalue weighted by atomic mass is 19.1. The molecule has 156 valence electrons. The maximum absolute atomic E-state index is 13.2. The second-order valence-electron chi connectivity index (χ2n) is 7.51. The largest absolute Gasteiger partial charge is 0.478 e. The number of hydrogen-bond acceptors (Lipinski definition) is 5. The fraction of sp³-hybridized carbons (Fsp3) is 0.333. The highest BCUT2D eigenvalue weighted by Gasteiger charge is 2.16. The molecule has 2 heterocycles. The molecule has 0 bridgehead atoms. The third-order valence-corrected chi connectivity index (χ3v) is 5.32. The van der Waals surface area contributed by atoms with Crippen molar-refractivity contribution in [1.82, 2.24) is 14.9 Å². The fourth-order valence-electron chi connectivity index (χ4n) is 3.72. The number of anilines is 1. The monoisotopic (exact) mass is 406 g/mol. The van der Waals surface area contributed by atoms with Crippen LogP contribution in [0.3, 0.4) is 0 Å². The lowest BCUT2D eigenvalue weighted by Crippen LogP contribution is -2.46. The van der Waals surface area contributed by atoms with E-state index in [0.717, 1.165) is 50.4 Å². The molecule has 1 fully saturated rings. The number of benzene rings is 2. The summed E-state index contributed by atoms with van der Waals surface area (Å²) in [6, 6.07) is 18.7. The zero-order valence-corrected chi connectivity index (χ0v) is 17.3. The zero-order chi connectivity index (χ0) is 20.8. The lowest BCUT2D eigenvalue weighted by atomic mass is 10.1. The average molecular weight is 407 g/mol. The summed E-state index contributed by atoms with van der Waals surface area (Å²) in [4.78, 5) is 13.7. The van der Waals surface area contributed by atoms with E-state index < -0.39 is 0 Å². The van der Waals surface area contributed by atoms with E-state index in [1.807, 2.05) is 13.0 Å². The number of para-hydroxylation sites is 1. The lowest BCUT2D eigenvalue weighted by Gasteiger charge is -2.36. The SMILES string of the molecule is Cc1nc(OCCCN2CCN(c3ccccc3)CC2)cc(-c2ccc(F)cc2)n1. The van der Waals surface area contributed by atoms with Gasteiger partial charge in [0.25, 0.3) is 0 Å². The molecular formula is C24H27FN4O. The van der Waals surface area contributed by atoms with Crippen molar-refractivity contribution in [2.75, 3.05) is 44.2 Å². The Hall–Kier alpha value is -2.99. The molecule has 2 aromatic carbocycles. The quantitative estimate of drug-likeness (QED) is 0.551. The van der Waals surface area contributed by atoms with Crippen LogP contribution in [-0.4, -0.2) is 54.2 Å². The molecular weight excluding hydrogens is 379 g/mol. The summed E-state index contributed by atoms with van der Waals surface area (Å²) in [7, 11) is 0. The molecule has 1 aliphatic rings. The average Bonchev–Trinajstić information content (AvgIpc) is 2.78. The van der Waals surface area contributed by atoms with Crippen molar-refractivity contribution in [3.05, 3.63) is 72.3 Å². The van der Waals surface area contributed by atoms with Gasteiger partial charge in [-0.3, -0.25) is 4.90 Å². The molecule has 6 heteroatoms. The summed E-state index contributed by atoms with van der Waals surface area (Å²) in [6.45, 7) is 7.70. The predicted molar refractivity (Wildman–Crippen MR) is 117 cm³/mol. The lowest BCUT2D eigenvalue weighted by molar-refractivity contribution is 0.221. The van der Waals surface area contributed by atoms with Crippen molar-refractivity contribution >= 4 is 5.69 Å². The van der Waals surface area contributed by atoms with Crippen molar-refractivity contribution in [2.24, 2.45) is 0 Å². The van der Waals surface area contributed by atoms with E-state index in [4.69, 9.17) is 4.74 Å². The summed E-state index contributed by atoms with van der Waals surface area (Å²) in [5.41, 5.74) is 2.90. The Morgan fingerprint density at radius 1 is 0.933 bits per heavy atom. The first kappa shape index (κ1) is 20.3. The van der Waals surface area contributed by atoms with Gasteiger partial charge in [0.05, 0.1) is 12.3 Å². The fourth-order valence-corrected chi connectivity index (χ4v) is 3.72. The third-order valence-electron chi connectivity index (χ3n) is 5.32. The number of piperazine rings is 1. The van der Waals surface area contributed by atoms with Crippen LogP contribution in [0.1, 0.15) is 12.2 Å². The molecule has 30 heavy (non-hydrogen) atoms. The van der Waals surface area contributed by atoms with Crippen LogP contribution in [-0.2, 0) is 0 Å². The van der Waals surface area contributed by atoms with Crippen LogP contribution in [0.2, 0.25) is 0 Å². The van der Waals surface area contributed by atoms with Crippen LogP contribution in [0.15, 0.2) is 60.7 Å². The third kappa shape index (κ3) is 5.33. The normalized spacial score (nSPS) is 14.7. The van der Waals surface area contributed by atoms with Crippen molar-refractivity contribution in [1.29, 1.82) is 0 Å². The van der Waals surface area contributed by atoms with Gasteiger partial charge in [-0.05, 0) is 49.7 Å². The van der Waals surface area contributed by atoms with Gasteiger partial charge >= 0.3 is 0 Å². The molecule has 3 aromatic rings. The molecule has 0 radical (unpaired) electrons. The molecule has 4 rings (SSSR count). The predicted octanol–water partition coefficient (Wildman–Crippen LogP) is 4.18. The molecule has 1 aromatic heterocycles. The maximum Gasteiger partial charge on any atom is 0.217 e. The Morgan fingerprint density at radius 3 is 2.40 bits per heavy atom. The Kier molecular flexibility index (Phi) is 6.54. The molecule has 0 atom stereocenters. The van der Waals surface area contributed by atoms with Crippen molar-refractivity contribution in [3.63, 3.8) is 0 Å². The minimum absolute atomic E-state index is 0.259. The van der Waals surface area contributed by atoms with Crippen molar-refractivity contribution in [3.8, 4) is 17.1 Å². The second kappa shape index (κ2) is 9.67. The number of aromatic nitrogens is 2. The van der Waals surface area contributed by atoms with Gasteiger partial charge in [0.15, 0.2) is 0 Å². The van der Waals surface area contributed by atoms with Gasteiger partial charge in [0, 0.05) is 50.0 Å². The number of nitrogens with zero attached hydrogens (tertiary/aromatic N) is 4. The van der Waals surface area contributed by atoms with Gasteiger partial charge in [0.2, 0.25) is 5.88 Å². The number of halogens is 1. The summed E-state index contributed by atoms with van der Waals surface area (Å²) >= 11 is 0. The topological polar surface area (TPSA) is 41.5 Å². The van der Waals surface area contributed by atoms with E-state index in [-0.39, 0.29) is 5.82 Å². The van der Waals surface area contributed by atoms with Gasteiger partial charge in [0.1, 0.15) is 11.6 Å². The van der Waals surface area contributed by atoms with E-state index in [1.165, 1.54) is 17.8 Å². The minimum Gasteiger partial charge on any atom is -0.478 e. The number of hydrogen-bond donors (Lipinski definition) is 0. The van der Waals surface area contributed by atoms with Gasteiger partial charge in [-0.2, -0.15) is 4.98 Å². The molecule has 0 amide bonds. The molecule has 0 aliphatic carbocycles. The highest BCUT2D eigenvalue weighted by molar-refractivity contribution is 5.59. The smallest absolute Gasteiger partial charge is 0.217 e. The second-order valence-corrected chi connectivity index (χ2v) is 7.51. The number of rotatable bonds is 7. The first-order chi connectivity index (χ1) is 14.7. The van der Waals surface area contributed by atoms with E-state index >= 15 is 0 Å². The Bertz CT molecular complexity index is 941. The van der Waals surface area contributed by atoms with E-state index in [2.05, 4.69) is 50.1 Å². The van der Waals surface area contributed by atoms with Crippen LogP contribution < -0.4 is 9.64 Å². The van der Waals surface area contributed by atoms with E-state index in [0.29, 0.717) is 18.3 Å². The maximum atomic E-state index is 13.2. The highest BCUT2D eigenvalue weighted by Crippen LogP contribution is 2.21. The Morgan fingerprint density at radius 2 is 1.67 bits per heavy atom. The molecule has 0 N–H and O–H groups in total. The Labute approximate surface area is 177 Å². The zero-order valence-electron chi connectivity index (χ0n) is 17.3. The molecule has 0 saturated carbocycles. The number of ether oxygens (including phenoxy) is 1. The van der Waals surface area contributed by atoms with Crippen LogP contribution in [0, 0.1) is 12.7 Å². The van der Waals surface area contributed by atoms with Crippen molar-refractivity contribution in [2.45, 2.75) is 13.3 Å². The molecule has 0 spiro atoms. The summed E-state index contributed by atoms with van der Waals surface area (Å²) in [6.07, 6.45) is 0.945. The van der Waals surface area contributed by atoms with E-state index in [1.54, 1.807) is 12.1 Å². The van der Waals surface area contributed by atoms with Gasteiger partial charge in [-0.15, -0.1) is 0 Å². The molecule has 0 unspecified atom stereocenters. The van der Waals surface area contributed by atoms with Gasteiger partial charge < -0.3 is 9.64 Å². The summed E-state index contributed by atoms with van der Waals surface area (Å²) < 4.78 is 19.1. The minimum atomic E-state index is -0.259. The van der Waals surface area contributed by atoms with Crippen LogP contribution in [0.5, 0.6) is 5.88 Å². The van der Waals surface area contributed by atoms with Crippen molar-refractivity contribution < 1.29 is 9.13 Å². The molecule has 5 nitrogen and oxygen atoms in total. The van der Waals surface area contributed by atoms with Gasteiger partial charge in [-0.1, -0.05) is 18.2 Å². The van der Waals surface area contributed by atoms with E-state index in [9.17, 15) is 4.39 Å². The Balaban J connectivity index is 1.24. The first-order valence-corrected chi connectivity index (χ1v) is 10.4. The van der Waals surface area contributed by atoms with Crippen LogP contribution in [0.4, 0.5) is 10.1 Å². The van der Waals surface area contributed by atoms with Gasteiger partial charge in [-0.25, -0.2) is 9.37 Å². The van der Waals surface area contributed by atoms with Crippen LogP contribution >= 0.6 is 0 Å². The first-order valence-electron chi connectivity index (χ1n) is 10.4. The summed E-state index contributed by atoms with van der Waals surface area (Å²) in [5, 5.41) is 0. The molecule has 1 aliphatic heterocycles. The van der Waals surface area contributed by atoms with Crippen LogP contribution in [0.25, 0.3) is 11.3 Å². The number of aryl methyl sites for hydroxylation is 1.